The Labute approximate surface area is 124 Å². The Morgan fingerprint density at radius 2 is 1.76 bits per heavy atom. The van der Waals surface area contributed by atoms with E-state index in [0.717, 1.165) is 16.8 Å². The molecular formula is C16H22N2O3. The summed E-state index contributed by atoms with van der Waals surface area (Å²) in [6, 6.07) is 10.4. The Morgan fingerprint density at radius 3 is 2.29 bits per heavy atom. The molecule has 0 unspecified atom stereocenters. The summed E-state index contributed by atoms with van der Waals surface area (Å²) in [5, 5.41) is 29.8. The predicted octanol–water partition coefficient (Wildman–Crippen LogP) is 2.39. The van der Waals surface area contributed by atoms with Gasteiger partial charge in [0.1, 0.15) is 11.5 Å². The minimum Gasteiger partial charge on any atom is -0.508 e. The lowest BCUT2D eigenvalue weighted by atomic mass is 10.2. The number of rotatable bonds is 3. The summed E-state index contributed by atoms with van der Waals surface area (Å²) in [5.41, 5.74) is 8.52. The molecule has 0 atom stereocenters. The Hall–Kier alpha value is -2.40. The molecule has 0 aliphatic rings. The fourth-order valence-corrected chi connectivity index (χ4v) is 1.56. The molecule has 21 heavy (non-hydrogen) atoms. The van der Waals surface area contributed by atoms with Crippen LogP contribution in [-0.2, 0) is 0 Å². The minimum absolute atomic E-state index is 0.0919. The number of nitrogens with one attached hydrogen (secondary N) is 1. The average Bonchev–Trinajstić information content (AvgIpc) is 2.46. The monoisotopic (exact) mass is 290 g/mol. The average molecular weight is 290 g/mol. The number of hydrogen-bond acceptors (Lipinski definition) is 5. The van der Waals surface area contributed by atoms with Crippen LogP contribution in [0.4, 0.5) is 11.4 Å². The molecule has 0 aliphatic carbocycles. The van der Waals surface area contributed by atoms with Gasteiger partial charge >= 0.3 is 0 Å². The van der Waals surface area contributed by atoms with E-state index in [0.29, 0.717) is 12.2 Å². The summed E-state index contributed by atoms with van der Waals surface area (Å²) in [5.74, 6) is 0.535. The van der Waals surface area contributed by atoms with Gasteiger partial charge in [-0.3, -0.25) is 0 Å². The Bertz CT molecular complexity index is 565. The van der Waals surface area contributed by atoms with Crippen molar-refractivity contribution in [1.29, 1.82) is 0 Å². The third kappa shape index (κ3) is 5.24. The lowest BCUT2D eigenvalue weighted by Gasteiger charge is -2.05. The molecule has 0 radical (unpaired) electrons. The number of aromatic hydroxyl groups is 2. The van der Waals surface area contributed by atoms with Crippen LogP contribution in [0.5, 0.6) is 11.5 Å². The van der Waals surface area contributed by atoms with E-state index < -0.39 is 0 Å². The first-order valence-electron chi connectivity index (χ1n) is 6.64. The van der Waals surface area contributed by atoms with Gasteiger partial charge in [-0.2, -0.15) is 0 Å². The highest BCUT2D eigenvalue weighted by molar-refractivity contribution is 5.52. The van der Waals surface area contributed by atoms with E-state index in [1.165, 1.54) is 0 Å². The number of phenolic OH excluding ortho intramolecular Hbond substituents is 2. The van der Waals surface area contributed by atoms with Gasteiger partial charge in [0, 0.05) is 29.5 Å². The van der Waals surface area contributed by atoms with Gasteiger partial charge in [-0.05, 0) is 37.6 Å². The fraction of sp³-hybridized carbons (Fsp3) is 0.250. The lowest BCUT2D eigenvalue weighted by molar-refractivity contribution is 0.311. The van der Waals surface area contributed by atoms with Gasteiger partial charge < -0.3 is 26.4 Å². The minimum atomic E-state index is 0.0919. The molecule has 0 heterocycles. The van der Waals surface area contributed by atoms with Gasteiger partial charge in [-0.25, -0.2) is 0 Å². The molecular weight excluding hydrogens is 268 g/mol. The van der Waals surface area contributed by atoms with E-state index in [4.69, 9.17) is 15.9 Å². The molecule has 5 nitrogen and oxygen atoms in total. The van der Waals surface area contributed by atoms with Gasteiger partial charge in [0.15, 0.2) is 0 Å². The van der Waals surface area contributed by atoms with E-state index in [9.17, 15) is 5.11 Å². The normalized spacial score (nSPS) is 9.67. The Balaban J connectivity index is 0.000000219. The molecule has 5 heteroatoms. The highest BCUT2D eigenvalue weighted by atomic mass is 16.3. The van der Waals surface area contributed by atoms with Crippen LogP contribution < -0.4 is 11.1 Å². The molecule has 2 aromatic rings. The van der Waals surface area contributed by atoms with Crippen LogP contribution in [-0.4, -0.2) is 28.5 Å². The van der Waals surface area contributed by atoms with Crippen LogP contribution in [0.25, 0.3) is 0 Å². The zero-order valence-corrected chi connectivity index (χ0v) is 12.3. The molecule has 0 bridgehead atoms. The first-order valence-corrected chi connectivity index (χ1v) is 6.64. The van der Waals surface area contributed by atoms with Crippen molar-refractivity contribution in [3.8, 4) is 11.5 Å². The lowest BCUT2D eigenvalue weighted by Crippen LogP contribution is -2.04. The van der Waals surface area contributed by atoms with E-state index in [1.807, 2.05) is 19.1 Å². The summed E-state index contributed by atoms with van der Waals surface area (Å²) < 4.78 is 0. The number of phenols is 2. The quantitative estimate of drug-likeness (QED) is 0.559. The van der Waals surface area contributed by atoms with Crippen molar-refractivity contribution in [2.75, 3.05) is 24.2 Å². The molecule has 6 N–H and O–H groups in total. The molecule has 2 aromatic carbocycles. The number of benzene rings is 2. The molecule has 0 aromatic heterocycles. The molecule has 0 fully saturated rings. The van der Waals surface area contributed by atoms with Gasteiger partial charge in [0.2, 0.25) is 0 Å². The van der Waals surface area contributed by atoms with Crippen LogP contribution in [0.2, 0.25) is 0 Å². The zero-order valence-electron chi connectivity index (χ0n) is 12.3. The van der Waals surface area contributed by atoms with E-state index in [2.05, 4.69) is 5.32 Å². The Morgan fingerprint density at radius 1 is 1.05 bits per heavy atom. The zero-order chi connectivity index (χ0) is 15.8. The third-order valence-corrected chi connectivity index (χ3v) is 3.00. The van der Waals surface area contributed by atoms with Crippen LogP contribution in [0, 0.1) is 13.8 Å². The SMILES string of the molecule is Cc1c(N)cccc1O.Cc1ccc(NCCO)cc1O. The molecule has 2 rings (SSSR count). The van der Waals surface area contributed by atoms with Crippen molar-refractivity contribution in [1.82, 2.24) is 0 Å². The van der Waals surface area contributed by atoms with Crippen LogP contribution in [0.3, 0.4) is 0 Å². The number of aliphatic hydroxyl groups excluding tert-OH is 1. The van der Waals surface area contributed by atoms with Crippen LogP contribution in [0.15, 0.2) is 36.4 Å². The second kappa shape index (κ2) is 8.01. The van der Waals surface area contributed by atoms with Crippen molar-refractivity contribution < 1.29 is 15.3 Å². The topological polar surface area (TPSA) is 98.7 Å². The second-order valence-electron chi connectivity index (χ2n) is 4.64. The van der Waals surface area contributed by atoms with Gasteiger partial charge in [-0.15, -0.1) is 0 Å². The number of nitrogens with two attached hydrogens (primary N) is 1. The first kappa shape index (κ1) is 16.7. The van der Waals surface area contributed by atoms with E-state index in [1.54, 1.807) is 31.2 Å². The molecule has 0 saturated heterocycles. The van der Waals surface area contributed by atoms with Gasteiger partial charge in [-0.1, -0.05) is 12.1 Å². The number of nitrogen functional groups attached to an aromatic ring is 1. The van der Waals surface area contributed by atoms with E-state index >= 15 is 0 Å². The molecule has 0 aliphatic heterocycles. The van der Waals surface area contributed by atoms with E-state index in [-0.39, 0.29) is 18.1 Å². The summed E-state index contributed by atoms with van der Waals surface area (Å²) in [6.45, 7) is 4.22. The highest BCUT2D eigenvalue weighted by Crippen LogP contribution is 2.21. The number of aryl methyl sites for hydroxylation is 1. The first-order chi connectivity index (χ1) is 9.95. The molecule has 0 amide bonds. The van der Waals surface area contributed by atoms with Crippen molar-refractivity contribution in [2.24, 2.45) is 0 Å². The second-order valence-corrected chi connectivity index (χ2v) is 4.64. The largest absolute Gasteiger partial charge is 0.508 e. The third-order valence-electron chi connectivity index (χ3n) is 3.00. The fourth-order valence-electron chi connectivity index (χ4n) is 1.56. The number of anilines is 2. The highest BCUT2D eigenvalue weighted by Gasteiger charge is 1.96. The maximum atomic E-state index is 9.30. The maximum Gasteiger partial charge on any atom is 0.120 e. The van der Waals surface area contributed by atoms with Crippen molar-refractivity contribution in [3.63, 3.8) is 0 Å². The van der Waals surface area contributed by atoms with Crippen LogP contribution in [0.1, 0.15) is 11.1 Å². The van der Waals surface area contributed by atoms with Gasteiger partial charge in [0.05, 0.1) is 6.61 Å². The molecule has 114 valence electrons. The number of hydrogen-bond donors (Lipinski definition) is 5. The maximum absolute atomic E-state index is 9.30. The van der Waals surface area contributed by atoms with Crippen molar-refractivity contribution >= 4 is 11.4 Å². The standard InChI is InChI=1S/C9H13NO2.C7H9NO/c1-7-2-3-8(6-9(7)12)10-4-5-11;1-5-6(8)3-2-4-7(5)9/h2-3,6,10-12H,4-5H2,1H3;2-4,9H,8H2,1H3. The smallest absolute Gasteiger partial charge is 0.120 e. The summed E-state index contributed by atoms with van der Waals surface area (Å²) in [7, 11) is 0. The van der Waals surface area contributed by atoms with Gasteiger partial charge in [0.25, 0.3) is 0 Å². The molecule has 0 saturated carbocycles. The summed E-state index contributed by atoms with van der Waals surface area (Å²) >= 11 is 0. The molecule has 0 spiro atoms. The predicted molar refractivity (Wildman–Crippen MR) is 85.7 cm³/mol. The number of aliphatic hydroxyl groups is 1. The van der Waals surface area contributed by atoms with Crippen molar-refractivity contribution in [2.45, 2.75) is 13.8 Å². The summed E-state index contributed by atoms with van der Waals surface area (Å²) in [4.78, 5) is 0. The van der Waals surface area contributed by atoms with Crippen LogP contribution >= 0.6 is 0 Å². The summed E-state index contributed by atoms with van der Waals surface area (Å²) in [6.07, 6.45) is 0. The van der Waals surface area contributed by atoms with Crippen molar-refractivity contribution in [3.05, 3.63) is 47.5 Å². The Kier molecular flexibility index (Phi) is 6.36.